The highest BCUT2D eigenvalue weighted by atomic mass is 16.5. The van der Waals surface area contributed by atoms with Crippen molar-refractivity contribution in [3.05, 3.63) is 29.3 Å². The standard InChI is InChI=1S/C15H23NO3/c1-10(2)7-13(15(17)18)16-9-12-8-11(3)5-6-14(12)19-4/h5-6,8,10,13,16H,7,9H2,1-4H3,(H,17,18)/t13-/m1/s1. The summed E-state index contributed by atoms with van der Waals surface area (Å²) in [5.41, 5.74) is 2.12. The average molecular weight is 265 g/mol. The summed E-state index contributed by atoms with van der Waals surface area (Å²) in [5, 5.41) is 12.3. The van der Waals surface area contributed by atoms with E-state index in [9.17, 15) is 9.90 Å². The zero-order valence-electron chi connectivity index (χ0n) is 12.1. The molecule has 0 aliphatic carbocycles. The smallest absolute Gasteiger partial charge is 0.320 e. The molecule has 2 N–H and O–H groups in total. The van der Waals surface area contributed by atoms with Crippen LogP contribution in [0, 0.1) is 12.8 Å². The van der Waals surface area contributed by atoms with Gasteiger partial charge in [0.15, 0.2) is 0 Å². The minimum absolute atomic E-state index is 0.341. The summed E-state index contributed by atoms with van der Waals surface area (Å²) in [6.45, 7) is 6.54. The molecule has 0 bridgehead atoms. The molecule has 0 saturated carbocycles. The van der Waals surface area contributed by atoms with Gasteiger partial charge >= 0.3 is 5.97 Å². The van der Waals surface area contributed by atoms with Gasteiger partial charge in [-0.15, -0.1) is 0 Å². The fourth-order valence-electron chi connectivity index (χ4n) is 2.02. The van der Waals surface area contributed by atoms with Crippen molar-refractivity contribution in [3.8, 4) is 5.75 Å². The highest BCUT2D eigenvalue weighted by Gasteiger charge is 2.18. The lowest BCUT2D eigenvalue weighted by Crippen LogP contribution is -2.37. The van der Waals surface area contributed by atoms with Crippen LogP contribution in [-0.4, -0.2) is 24.2 Å². The first-order valence-electron chi connectivity index (χ1n) is 6.53. The SMILES string of the molecule is COc1ccc(C)cc1CN[C@H](CC(C)C)C(=O)O. The molecule has 19 heavy (non-hydrogen) atoms. The fraction of sp³-hybridized carbons (Fsp3) is 0.533. The second-order valence-electron chi connectivity index (χ2n) is 5.22. The van der Waals surface area contributed by atoms with Crippen molar-refractivity contribution in [2.45, 2.75) is 39.8 Å². The number of hydrogen-bond acceptors (Lipinski definition) is 3. The van der Waals surface area contributed by atoms with Crippen molar-refractivity contribution in [1.29, 1.82) is 0 Å². The van der Waals surface area contributed by atoms with Gasteiger partial charge in [0, 0.05) is 12.1 Å². The van der Waals surface area contributed by atoms with Crippen molar-refractivity contribution < 1.29 is 14.6 Å². The van der Waals surface area contributed by atoms with Gasteiger partial charge in [-0.05, 0) is 25.3 Å². The number of carboxylic acid groups (broad SMARTS) is 1. The van der Waals surface area contributed by atoms with E-state index in [2.05, 4.69) is 5.32 Å². The zero-order chi connectivity index (χ0) is 14.4. The van der Waals surface area contributed by atoms with Crippen molar-refractivity contribution in [2.24, 2.45) is 5.92 Å². The Morgan fingerprint density at radius 1 is 1.42 bits per heavy atom. The van der Waals surface area contributed by atoms with Crippen LogP contribution >= 0.6 is 0 Å². The molecular weight excluding hydrogens is 242 g/mol. The Balaban J connectivity index is 2.73. The number of aliphatic carboxylic acids is 1. The first-order chi connectivity index (χ1) is 8.93. The number of hydrogen-bond donors (Lipinski definition) is 2. The van der Waals surface area contributed by atoms with Crippen LogP contribution in [0.3, 0.4) is 0 Å². The van der Waals surface area contributed by atoms with Gasteiger partial charge in [0.25, 0.3) is 0 Å². The van der Waals surface area contributed by atoms with E-state index in [0.29, 0.717) is 18.9 Å². The van der Waals surface area contributed by atoms with Gasteiger partial charge in [0.05, 0.1) is 7.11 Å². The average Bonchev–Trinajstić information content (AvgIpc) is 2.34. The predicted octanol–water partition coefficient (Wildman–Crippen LogP) is 2.59. The predicted molar refractivity (Wildman–Crippen MR) is 75.4 cm³/mol. The summed E-state index contributed by atoms with van der Waals surface area (Å²) in [4.78, 5) is 11.2. The lowest BCUT2D eigenvalue weighted by atomic mass is 10.0. The largest absolute Gasteiger partial charge is 0.496 e. The topological polar surface area (TPSA) is 58.6 Å². The van der Waals surface area contributed by atoms with E-state index in [1.165, 1.54) is 0 Å². The molecule has 1 atom stereocenters. The molecule has 0 aromatic heterocycles. The monoisotopic (exact) mass is 265 g/mol. The number of ether oxygens (including phenoxy) is 1. The molecular formula is C15H23NO3. The molecule has 0 radical (unpaired) electrons. The third kappa shape index (κ3) is 4.91. The number of carbonyl (C=O) groups is 1. The number of methoxy groups -OCH3 is 1. The first kappa shape index (κ1) is 15.5. The van der Waals surface area contributed by atoms with Gasteiger partial charge < -0.3 is 15.2 Å². The molecule has 0 saturated heterocycles. The summed E-state index contributed by atoms with van der Waals surface area (Å²) >= 11 is 0. The highest BCUT2D eigenvalue weighted by molar-refractivity contribution is 5.73. The quantitative estimate of drug-likeness (QED) is 0.795. The third-order valence-corrected chi connectivity index (χ3v) is 2.98. The number of aryl methyl sites for hydroxylation is 1. The molecule has 4 nitrogen and oxygen atoms in total. The Morgan fingerprint density at radius 3 is 2.63 bits per heavy atom. The van der Waals surface area contributed by atoms with E-state index in [1.807, 2.05) is 39.0 Å². The van der Waals surface area contributed by atoms with E-state index < -0.39 is 12.0 Å². The molecule has 0 spiro atoms. The van der Waals surface area contributed by atoms with Crippen LogP contribution in [0.2, 0.25) is 0 Å². The van der Waals surface area contributed by atoms with Gasteiger partial charge in [0.2, 0.25) is 0 Å². The maximum atomic E-state index is 11.2. The fourth-order valence-corrected chi connectivity index (χ4v) is 2.02. The van der Waals surface area contributed by atoms with E-state index in [-0.39, 0.29) is 0 Å². The molecule has 4 heteroatoms. The summed E-state index contributed by atoms with van der Waals surface area (Å²) in [6, 6.07) is 5.38. The Morgan fingerprint density at radius 2 is 2.11 bits per heavy atom. The lowest BCUT2D eigenvalue weighted by Gasteiger charge is -2.17. The van der Waals surface area contributed by atoms with Crippen LogP contribution in [0.4, 0.5) is 0 Å². The molecule has 0 aliphatic heterocycles. The maximum Gasteiger partial charge on any atom is 0.320 e. The summed E-state index contributed by atoms with van der Waals surface area (Å²) in [7, 11) is 1.62. The zero-order valence-corrected chi connectivity index (χ0v) is 12.1. The van der Waals surface area contributed by atoms with Crippen LogP contribution in [0.25, 0.3) is 0 Å². The van der Waals surface area contributed by atoms with Crippen LogP contribution in [0.5, 0.6) is 5.75 Å². The molecule has 0 heterocycles. The highest BCUT2D eigenvalue weighted by Crippen LogP contribution is 2.19. The van der Waals surface area contributed by atoms with E-state index in [4.69, 9.17) is 4.74 Å². The second-order valence-corrected chi connectivity index (χ2v) is 5.22. The maximum absolute atomic E-state index is 11.2. The van der Waals surface area contributed by atoms with Gasteiger partial charge in [-0.2, -0.15) is 0 Å². The Labute approximate surface area is 114 Å². The molecule has 0 amide bonds. The lowest BCUT2D eigenvalue weighted by molar-refractivity contribution is -0.140. The van der Waals surface area contributed by atoms with E-state index >= 15 is 0 Å². The van der Waals surface area contributed by atoms with Crippen molar-refractivity contribution >= 4 is 5.97 Å². The molecule has 0 fully saturated rings. The molecule has 1 aromatic carbocycles. The summed E-state index contributed by atoms with van der Waals surface area (Å²) < 4.78 is 5.29. The minimum Gasteiger partial charge on any atom is -0.496 e. The molecule has 0 unspecified atom stereocenters. The molecule has 1 aromatic rings. The van der Waals surface area contributed by atoms with Gasteiger partial charge in [-0.25, -0.2) is 0 Å². The van der Waals surface area contributed by atoms with Crippen LogP contribution < -0.4 is 10.1 Å². The van der Waals surface area contributed by atoms with Crippen LogP contribution in [-0.2, 0) is 11.3 Å². The number of benzene rings is 1. The van der Waals surface area contributed by atoms with E-state index in [1.54, 1.807) is 7.11 Å². The minimum atomic E-state index is -0.805. The third-order valence-electron chi connectivity index (χ3n) is 2.98. The number of rotatable bonds is 7. The summed E-state index contributed by atoms with van der Waals surface area (Å²) in [6.07, 6.45) is 0.615. The van der Waals surface area contributed by atoms with E-state index in [0.717, 1.165) is 16.9 Å². The van der Waals surface area contributed by atoms with Gasteiger partial charge in [0.1, 0.15) is 11.8 Å². The number of carboxylic acids is 1. The summed E-state index contributed by atoms with van der Waals surface area (Å²) in [5.74, 6) is 0.320. The number of nitrogens with one attached hydrogen (secondary N) is 1. The van der Waals surface area contributed by atoms with Crippen molar-refractivity contribution in [2.75, 3.05) is 7.11 Å². The van der Waals surface area contributed by atoms with Gasteiger partial charge in [-0.3, -0.25) is 4.79 Å². The second kappa shape index (κ2) is 7.14. The Kier molecular flexibility index (Phi) is 5.83. The first-order valence-corrected chi connectivity index (χ1v) is 6.53. The Bertz CT molecular complexity index is 429. The van der Waals surface area contributed by atoms with Gasteiger partial charge in [-0.1, -0.05) is 31.5 Å². The van der Waals surface area contributed by atoms with Crippen LogP contribution in [0.1, 0.15) is 31.4 Å². The van der Waals surface area contributed by atoms with Crippen molar-refractivity contribution in [1.82, 2.24) is 5.32 Å². The Hall–Kier alpha value is -1.55. The normalized spacial score (nSPS) is 12.5. The molecule has 106 valence electrons. The molecule has 1 rings (SSSR count). The van der Waals surface area contributed by atoms with Crippen molar-refractivity contribution in [3.63, 3.8) is 0 Å². The van der Waals surface area contributed by atoms with Crippen LogP contribution in [0.15, 0.2) is 18.2 Å². The molecule has 0 aliphatic rings.